The molecule has 3 N–H and O–H groups in total. The molecule has 0 radical (unpaired) electrons. The lowest BCUT2D eigenvalue weighted by Crippen LogP contribution is -2.50. The van der Waals surface area contributed by atoms with Gasteiger partial charge < -0.3 is 16.0 Å². The van der Waals surface area contributed by atoms with Crippen LogP contribution in [0.1, 0.15) is 31.2 Å². The average Bonchev–Trinajstić information content (AvgIpc) is 2.90. The van der Waals surface area contributed by atoms with E-state index in [0.717, 1.165) is 24.1 Å². The van der Waals surface area contributed by atoms with Gasteiger partial charge >= 0.3 is 0 Å². The zero-order valence-electron chi connectivity index (χ0n) is 12.2. The molecule has 112 valence electrons. The maximum absolute atomic E-state index is 12.9. The highest BCUT2D eigenvalue weighted by Gasteiger charge is 2.37. The molecule has 0 bridgehead atoms. The number of fused-ring (bicyclic) bond motifs is 1. The lowest BCUT2D eigenvalue weighted by atomic mass is 9.90. The van der Waals surface area contributed by atoms with Crippen molar-refractivity contribution < 1.29 is 9.59 Å². The highest BCUT2D eigenvalue weighted by atomic mass is 16.2. The van der Waals surface area contributed by atoms with Crippen LogP contribution in [0.25, 0.3) is 0 Å². The molecule has 2 amide bonds. The Bertz CT molecular complexity index is 572. The predicted octanol–water partition coefficient (Wildman–Crippen LogP) is 1.31. The summed E-state index contributed by atoms with van der Waals surface area (Å²) in [5.41, 5.74) is 7.50. The zero-order chi connectivity index (χ0) is 15.0. The Kier molecular flexibility index (Phi) is 3.57. The smallest absolute Gasteiger partial charge is 0.232 e. The molecule has 5 nitrogen and oxygen atoms in total. The van der Waals surface area contributed by atoms with Gasteiger partial charge in [-0.2, -0.15) is 0 Å². The maximum Gasteiger partial charge on any atom is 0.232 e. The summed E-state index contributed by atoms with van der Waals surface area (Å²) in [5, 5.41) is 3.28. The van der Waals surface area contributed by atoms with Crippen molar-refractivity contribution in [2.75, 3.05) is 18.4 Å². The second kappa shape index (κ2) is 5.39. The third-order valence-corrected chi connectivity index (χ3v) is 4.70. The molecular formula is C16H21N3O2. The summed E-state index contributed by atoms with van der Waals surface area (Å²) < 4.78 is 0. The first kappa shape index (κ1) is 13.9. The summed E-state index contributed by atoms with van der Waals surface area (Å²) >= 11 is 0. The molecule has 0 saturated carbocycles. The fraction of sp³-hybridized carbons (Fsp3) is 0.500. The van der Waals surface area contributed by atoms with Crippen molar-refractivity contribution in [1.82, 2.24) is 4.90 Å². The molecule has 0 spiro atoms. The first-order valence-electron chi connectivity index (χ1n) is 7.50. The quantitative estimate of drug-likeness (QED) is 0.861. The number of rotatable bonds is 2. The molecule has 3 unspecified atom stereocenters. The molecule has 3 rings (SSSR count). The number of likely N-dealkylation sites (tertiary alicyclic amines) is 1. The summed E-state index contributed by atoms with van der Waals surface area (Å²) in [6, 6.07) is 8.08. The molecule has 1 aromatic carbocycles. The van der Waals surface area contributed by atoms with Crippen LogP contribution in [-0.4, -0.2) is 35.8 Å². The maximum atomic E-state index is 12.9. The van der Waals surface area contributed by atoms with Crippen molar-refractivity contribution in [1.29, 1.82) is 0 Å². The van der Waals surface area contributed by atoms with E-state index in [1.54, 1.807) is 0 Å². The molecule has 2 aliphatic heterocycles. The van der Waals surface area contributed by atoms with Crippen molar-refractivity contribution >= 4 is 17.5 Å². The topological polar surface area (TPSA) is 75.4 Å². The highest BCUT2D eigenvalue weighted by molar-refractivity contribution is 5.89. The van der Waals surface area contributed by atoms with E-state index in [4.69, 9.17) is 5.73 Å². The fourth-order valence-electron chi connectivity index (χ4n) is 3.35. The van der Waals surface area contributed by atoms with Crippen LogP contribution in [0.5, 0.6) is 0 Å². The van der Waals surface area contributed by atoms with E-state index in [-0.39, 0.29) is 29.7 Å². The Hall–Kier alpha value is -2.04. The molecule has 1 saturated heterocycles. The van der Waals surface area contributed by atoms with Gasteiger partial charge in [-0.15, -0.1) is 0 Å². The second-order valence-electron chi connectivity index (χ2n) is 6.04. The number of primary amides is 1. The van der Waals surface area contributed by atoms with E-state index in [1.807, 2.05) is 36.1 Å². The summed E-state index contributed by atoms with van der Waals surface area (Å²) in [6.07, 6.45) is 1.61. The van der Waals surface area contributed by atoms with E-state index in [9.17, 15) is 9.59 Å². The minimum absolute atomic E-state index is 0.103. The molecule has 3 atom stereocenters. The summed E-state index contributed by atoms with van der Waals surface area (Å²) in [5.74, 6) is -0.569. The lowest BCUT2D eigenvalue weighted by Gasteiger charge is -2.38. The minimum atomic E-state index is -0.301. The Balaban J connectivity index is 1.80. The largest absolute Gasteiger partial charge is 0.384 e. The normalized spacial score (nSPS) is 27.9. The number of amides is 2. The van der Waals surface area contributed by atoms with E-state index >= 15 is 0 Å². The van der Waals surface area contributed by atoms with Crippen molar-refractivity contribution in [3.63, 3.8) is 0 Å². The van der Waals surface area contributed by atoms with Gasteiger partial charge in [-0.25, -0.2) is 0 Å². The van der Waals surface area contributed by atoms with Gasteiger partial charge in [0, 0.05) is 24.8 Å². The third kappa shape index (κ3) is 2.48. The number of nitrogens with two attached hydrogens (primary N) is 1. The Morgan fingerprint density at radius 3 is 2.81 bits per heavy atom. The van der Waals surface area contributed by atoms with Gasteiger partial charge in [-0.1, -0.05) is 18.2 Å². The number of hydrogen-bond donors (Lipinski definition) is 2. The number of hydrogen-bond acceptors (Lipinski definition) is 3. The fourth-order valence-corrected chi connectivity index (χ4v) is 3.35. The molecule has 21 heavy (non-hydrogen) atoms. The van der Waals surface area contributed by atoms with Gasteiger partial charge in [0.15, 0.2) is 0 Å². The van der Waals surface area contributed by atoms with Crippen LogP contribution in [0.4, 0.5) is 5.69 Å². The zero-order valence-corrected chi connectivity index (χ0v) is 12.2. The van der Waals surface area contributed by atoms with Crippen LogP contribution in [-0.2, 0) is 9.59 Å². The van der Waals surface area contributed by atoms with Crippen LogP contribution in [0.2, 0.25) is 0 Å². The second-order valence-corrected chi connectivity index (χ2v) is 6.04. The SMILES string of the molecule is CC1CCC(C(N)=O)CN1C(=O)C1CNc2ccccc21. The van der Waals surface area contributed by atoms with Crippen LogP contribution in [0.15, 0.2) is 24.3 Å². The molecule has 1 fully saturated rings. The Morgan fingerprint density at radius 1 is 1.29 bits per heavy atom. The molecule has 0 aromatic heterocycles. The first-order chi connectivity index (χ1) is 10.1. The van der Waals surface area contributed by atoms with Crippen molar-refractivity contribution in [2.45, 2.75) is 31.7 Å². The van der Waals surface area contributed by atoms with Crippen LogP contribution in [0.3, 0.4) is 0 Å². The van der Waals surface area contributed by atoms with Crippen molar-refractivity contribution in [3.8, 4) is 0 Å². The van der Waals surface area contributed by atoms with Gasteiger partial charge in [0.05, 0.1) is 11.8 Å². The third-order valence-electron chi connectivity index (χ3n) is 4.70. The first-order valence-corrected chi connectivity index (χ1v) is 7.50. The molecule has 2 heterocycles. The van der Waals surface area contributed by atoms with Gasteiger partial charge in [0.2, 0.25) is 11.8 Å². The molecule has 0 aliphatic carbocycles. The summed E-state index contributed by atoms with van der Waals surface area (Å²) in [7, 11) is 0. The van der Waals surface area contributed by atoms with Gasteiger partial charge in [-0.05, 0) is 31.4 Å². The standard InChI is InChI=1S/C16H21N3O2/c1-10-6-7-11(15(17)20)9-19(10)16(21)13-8-18-14-5-3-2-4-12(13)14/h2-5,10-11,13,18H,6-9H2,1H3,(H2,17,20). The Labute approximate surface area is 124 Å². The number of piperidine rings is 1. The van der Waals surface area contributed by atoms with Gasteiger partial charge in [0.1, 0.15) is 0 Å². The molecule has 5 heteroatoms. The monoisotopic (exact) mass is 287 g/mol. The number of carbonyl (C=O) groups is 2. The number of para-hydroxylation sites is 1. The molecule has 1 aromatic rings. The van der Waals surface area contributed by atoms with Crippen molar-refractivity contribution in [3.05, 3.63) is 29.8 Å². The Morgan fingerprint density at radius 2 is 2.05 bits per heavy atom. The van der Waals surface area contributed by atoms with Crippen molar-refractivity contribution in [2.24, 2.45) is 11.7 Å². The van der Waals surface area contributed by atoms with E-state index in [1.165, 1.54) is 0 Å². The highest BCUT2D eigenvalue weighted by Crippen LogP contribution is 2.34. The lowest BCUT2D eigenvalue weighted by molar-refractivity contribution is -0.138. The van der Waals surface area contributed by atoms with E-state index < -0.39 is 0 Å². The molecule has 2 aliphatic rings. The predicted molar refractivity (Wildman–Crippen MR) is 80.8 cm³/mol. The van der Waals surface area contributed by atoms with E-state index in [0.29, 0.717) is 13.1 Å². The average molecular weight is 287 g/mol. The van der Waals surface area contributed by atoms with Crippen LogP contribution >= 0.6 is 0 Å². The number of nitrogens with one attached hydrogen (secondary N) is 1. The summed E-state index contributed by atoms with van der Waals surface area (Å²) in [4.78, 5) is 26.1. The number of benzene rings is 1. The summed E-state index contributed by atoms with van der Waals surface area (Å²) in [6.45, 7) is 3.13. The minimum Gasteiger partial charge on any atom is -0.384 e. The van der Waals surface area contributed by atoms with Crippen LogP contribution < -0.4 is 11.1 Å². The van der Waals surface area contributed by atoms with Gasteiger partial charge in [0.25, 0.3) is 0 Å². The van der Waals surface area contributed by atoms with Crippen LogP contribution in [0, 0.1) is 5.92 Å². The van der Waals surface area contributed by atoms with E-state index in [2.05, 4.69) is 5.32 Å². The number of carbonyl (C=O) groups excluding carboxylic acids is 2. The number of nitrogens with zero attached hydrogens (tertiary/aromatic N) is 1. The molecular weight excluding hydrogens is 266 g/mol. The van der Waals surface area contributed by atoms with Gasteiger partial charge in [-0.3, -0.25) is 9.59 Å². The number of anilines is 1.